The highest BCUT2D eigenvalue weighted by Crippen LogP contribution is 2.28. The van der Waals surface area contributed by atoms with E-state index in [-0.39, 0.29) is 10.8 Å². The Bertz CT molecular complexity index is 778. The number of carbonyl (C=O) groups is 2. The van der Waals surface area contributed by atoms with Crippen molar-refractivity contribution in [2.45, 2.75) is 25.4 Å². The maximum Gasteiger partial charge on any atom is 0.455 e. The number of alkyl halides is 3. The van der Waals surface area contributed by atoms with Crippen LogP contribution in [0.15, 0.2) is 42.5 Å². The molecule has 7 heteroatoms. The molecule has 2 aromatic rings. The van der Waals surface area contributed by atoms with Crippen molar-refractivity contribution < 1.29 is 22.8 Å². The third-order valence-electron chi connectivity index (χ3n) is 4.57. The summed E-state index contributed by atoms with van der Waals surface area (Å²) in [5.41, 5.74) is 1.27. The largest absolute Gasteiger partial charge is 0.455 e. The van der Waals surface area contributed by atoms with Gasteiger partial charge in [0.05, 0.1) is 9.75 Å². The number of carbonyl (C=O) groups excluding carboxylic acids is 2. The number of ketones is 1. The van der Waals surface area contributed by atoms with Gasteiger partial charge in [0, 0.05) is 13.1 Å². The maximum absolute atomic E-state index is 12.5. The van der Waals surface area contributed by atoms with E-state index in [1.165, 1.54) is 11.6 Å². The van der Waals surface area contributed by atoms with Crippen molar-refractivity contribution in [2.24, 2.45) is 5.92 Å². The number of hydrogen-bond donors (Lipinski definition) is 0. The Labute approximate surface area is 153 Å². The minimum atomic E-state index is -4.92. The van der Waals surface area contributed by atoms with Crippen molar-refractivity contribution in [2.75, 3.05) is 13.1 Å². The van der Waals surface area contributed by atoms with Crippen LogP contribution in [0.4, 0.5) is 13.2 Å². The smallest absolute Gasteiger partial charge is 0.338 e. The molecule has 0 spiro atoms. The van der Waals surface area contributed by atoms with Gasteiger partial charge in [-0.05, 0) is 42.9 Å². The van der Waals surface area contributed by atoms with Crippen LogP contribution in [0.5, 0.6) is 0 Å². The zero-order chi connectivity index (χ0) is 18.7. The van der Waals surface area contributed by atoms with E-state index >= 15 is 0 Å². The number of benzene rings is 1. The molecule has 1 aliphatic rings. The molecule has 138 valence electrons. The molecule has 1 fully saturated rings. The lowest BCUT2D eigenvalue weighted by Gasteiger charge is -2.31. The predicted molar refractivity (Wildman–Crippen MR) is 93.5 cm³/mol. The van der Waals surface area contributed by atoms with E-state index in [4.69, 9.17) is 0 Å². The molecule has 1 aromatic heterocycles. The molecule has 1 aromatic carbocycles. The monoisotopic (exact) mass is 381 g/mol. The molecule has 0 atom stereocenters. The van der Waals surface area contributed by atoms with Crippen LogP contribution in [-0.4, -0.2) is 35.9 Å². The average Bonchev–Trinajstić information content (AvgIpc) is 3.11. The second-order valence-corrected chi connectivity index (χ2v) is 7.50. The van der Waals surface area contributed by atoms with Crippen LogP contribution in [0.3, 0.4) is 0 Å². The van der Waals surface area contributed by atoms with Crippen molar-refractivity contribution in [3.63, 3.8) is 0 Å². The summed E-state index contributed by atoms with van der Waals surface area (Å²) in [7, 11) is 0. The number of amides is 1. The molecule has 3 nitrogen and oxygen atoms in total. The van der Waals surface area contributed by atoms with Gasteiger partial charge in [-0.15, -0.1) is 11.3 Å². The first-order valence-electron chi connectivity index (χ1n) is 8.39. The molecule has 0 radical (unpaired) electrons. The number of nitrogens with zero attached hydrogens (tertiary/aromatic N) is 1. The van der Waals surface area contributed by atoms with Gasteiger partial charge in [0.25, 0.3) is 11.7 Å². The Kier molecular flexibility index (Phi) is 5.46. The first kappa shape index (κ1) is 18.6. The highest BCUT2D eigenvalue weighted by Gasteiger charge is 2.40. The lowest BCUT2D eigenvalue weighted by atomic mass is 9.90. The van der Waals surface area contributed by atoms with E-state index in [2.05, 4.69) is 12.1 Å². The second-order valence-electron chi connectivity index (χ2n) is 6.42. The van der Waals surface area contributed by atoms with E-state index < -0.39 is 16.8 Å². The lowest BCUT2D eigenvalue weighted by Crippen LogP contribution is -2.38. The first-order chi connectivity index (χ1) is 12.3. The van der Waals surface area contributed by atoms with Crippen molar-refractivity contribution in [3.8, 4) is 0 Å². The Morgan fingerprint density at radius 2 is 1.62 bits per heavy atom. The van der Waals surface area contributed by atoms with E-state index in [1.807, 2.05) is 18.2 Å². The fourth-order valence-electron chi connectivity index (χ4n) is 3.16. The van der Waals surface area contributed by atoms with Crippen molar-refractivity contribution in [1.29, 1.82) is 0 Å². The summed E-state index contributed by atoms with van der Waals surface area (Å²) >= 11 is 0.612. The maximum atomic E-state index is 12.5. The molecule has 0 unspecified atom stereocenters. The third kappa shape index (κ3) is 4.33. The number of hydrogen-bond acceptors (Lipinski definition) is 3. The summed E-state index contributed by atoms with van der Waals surface area (Å²) in [5, 5.41) is 0. The standard InChI is InChI=1S/C19H18F3NO2S/c20-19(21,22)17(24)15-6-7-16(26-15)18(25)23-10-8-14(9-11-23)12-13-4-2-1-3-5-13/h1-7,14H,8-12H2. The van der Waals surface area contributed by atoms with Crippen LogP contribution in [-0.2, 0) is 6.42 Å². The minimum absolute atomic E-state index is 0.180. The van der Waals surface area contributed by atoms with Crippen LogP contribution >= 0.6 is 11.3 Å². The molecule has 3 rings (SSSR count). The van der Waals surface area contributed by atoms with Gasteiger partial charge in [0.1, 0.15) is 0 Å². The first-order valence-corrected chi connectivity index (χ1v) is 9.21. The Hall–Kier alpha value is -2.15. The normalized spacial score (nSPS) is 15.9. The summed E-state index contributed by atoms with van der Waals surface area (Å²) in [6.45, 7) is 1.16. The number of piperidine rings is 1. The molecule has 0 aliphatic carbocycles. The van der Waals surface area contributed by atoms with Crippen LogP contribution in [0.1, 0.15) is 37.7 Å². The van der Waals surface area contributed by atoms with Gasteiger partial charge in [-0.3, -0.25) is 9.59 Å². The molecule has 0 bridgehead atoms. The highest BCUT2D eigenvalue weighted by molar-refractivity contribution is 7.16. The van der Waals surface area contributed by atoms with Gasteiger partial charge >= 0.3 is 6.18 Å². The fraction of sp³-hybridized carbons (Fsp3) is 0.368. The van der Waals surface area contributed by atoms with Gasteiger partial charge in [-0.25, -0.2) is 0 Å². The van der Waals surface area contributed by atoms with Gasteiger partial charge in [-0.2, -0.15) is 13.2 Å². The summed E-state index contributed by atoms with van der Waals surface area (Å²) < 4.78 is 37.5. The molecule has 2 heterocycles. The SMILES string of the molecule is O=C(c1ccc(C(=O)C(F)(F)F)s1)N1CCC(Cc2ccccc2)CC1. The summed E-state index contributed by atoms with van der Waals surface area (Å²) in [6.07, 6.45) is -2.23. The van der Waals surface area contributed by atoms with Crippen LogP contribution in [0.25, 0.3) is 0 Å². The lowest BCUT2D eigenvalue weighted by molar-refractivity contribution is -0.0882. The Balaban J connectivity index is 1.57. The minimum Gasteiger partial charge on any atom is -0.338 e. The predicted octanol–water partition coefficient (Wildman–Crippen LogP) is 4.59. The van der Waals surface area contributed by atoms with Crippen LogP contribution < -0.4 is 0 Å². The molecular formula is C19H18F3NO2S. The second kappa shape index (κ2) is 7.61. The van der Waals surface area contributed by atoms with Gasteiger partial charge in [-0.1, -0.05) is 30.3 Å². The summed E-state index contributed by atoms with van der Waals surface area (Å²) in [5.74, 6) is -1.70. The quantitative estimate of drug-likeness (QED) is 0.727. The van der Waals surface area contributed by atoms with Gasteiger partial charge in [0.15, 0.2) is 0 Å². The van der Waals surface area contributed by atoms with Crippen LogP contribution in [0.2, 0.25) is 0 Å². The molecular weight excluding hydrogens is 363 g/mol. The number of Topliss-reactive ketones (excluding diaryl/α,β-unsaturated/α-hetero) is 1. The Morgan fingerprint density at radius 1 is 1.00 bits per heavy atom. The van der Waals surface area contributed by atoms with Crippen LogP contribution in [0, 0.1) is 5.92 Å². The molecule has 0 saturated carbocycles. The molecule has 1 saturated heterocycles. The number of thiophene rings is 1. The topological polar surface area (TPSA) is 37.4 Å². The molecule has 1 aliphatic heterocycles. The van der Waals surface area contributed by atoms with Crippen molar-refractivity contribution >= 4 is 23.0 Å². The number of rotatable bonds is 4. The fourth-order valence-corrected chi connectivity index (χ4v) is 4.09. The summed E-state index contributed by atoms with van der Waals surface area (Å²) in [6, 6.07) is 12.5. The summed E-state index contributed by atoms with van der Waals surface area (Å²) in [4.78, 5) is 25.1. The van der Waals surface area contributed by atoms with Gasteiger partial charge in [0.2, 0.25) is 0 Å². The Morgan fingerprint density at radius 3 is 2.23 bits per heavy atom. The van der Waals surface area contributed by atoms with Crippen molar-refractivity contribution in [3.05, 3.63) is 57.8 Å². The average molecular weight is 381 g/mol. The zero-order valence-corrected chi connectivity index (χ0v) is 14.8. The van der Waals surface area contributed by atoms with E-state index in [0.717, 1.165) is 25.3 Å². The zero-order valence-electron chi connectivity index (χ0n) is 14.0. The molecule has 0 N–H and O–H groups in total. The van der Waals surface area contributed by atoms with Gasteiger partial charge < -0.3 is 4.90 Å². The van der Waals surface area contributed by atoms with E-state index in [1.54, 1.807) is 4.90 Å². The number of halogens is 3. The highest BCUT2D eigenvalue weighted by atomic mass is 32.1. The molecule has 26 heavy (non-hydrogen) atoms. The van der Waals surface area contributed by atoms with Crippen molar-refractivity contribution in [1.82, 2.24) is 4.90 Å². The van der Waals surface area contributed by atoms with E-state index in [0.29, 0.717) is 30.3 Å². The number of likely N-dealkylation sites (tertiary alicyclic amines) is 1. The van der Waals surface area contributed by atoms with E-state index in [9.17, 15) is 22.8 Å². The molecule has 1 amide bonds. The third-order valence-corrected chi connectivity index (χ3v) is 5.64.